The lowest BCUT2D eigenvalue weighted by Gasteiger charge is -2.22. The van der Waals surface area contributed by atoms with E-state index in [1.807, 2.05) is 0 Å². The normalized spacial score (nSPS) is 16.6. The number of rotatable bonds is 13. The van der Waals surface area contributed by atoms with Crippen LogP contribution in [-0.4, -0.2) is 74.5 Å². The third-order valence-corrected chi connectivity index (χ3v) is 8.06. The molecular weight excluding hydrogens is 569 g/mol. The molecule has 214 valence electrons. The van der Waals surface area contributed by atoms with E-state index in [-0.39, 0.29) is 31.5 Å². The van der Waals surface area contributed by atoms with Gasteiger partial charge in [0.2, 0.25) is 5.91 Å². The van der Waals surface area contributed by atoms with Crippen molar-refractivity contribution in [2.75, 3.05) is 36.7 Å². The van der Waals surface area contributed by atoms with Crippen LogP contribution < -0.4 is 10.2 Å². The zero-order chi connectivity index (χ0) is 28.5. The number of hydrogen-bond donors (Lipinski definition) is 1. The molecule has 3 aromatic rings. The summed E-state index contributed by atoms with van der Waals surface area (Å²) in [7, 11) is 4.26. The Bertz CT molecular complexity index is 1350. The molecule has 0 radical (unpaired) electrons. The Kier molecular flexibility index (Phi) is 10.3. The molecule has 1 aliphatic heterocycles. The number of nitrogens with zero attached hydrogens (tertiary/aromatic N) is 6. The van der Waals surface area contributed by atoms with E-state index < -0.39 is 29.3 Å². The second kappa shape index (κ2) is 14.1. The molecule has 3 heterocycles. The van der Waals surface area contributed by atoms with Gasteiger partial charge in [0, 0.05) is 18.6 Å². The highest BCUT2D eigenvalue weighted by Gasteiger charge is 2.33. The monoisotopic (exact) mass is 595 g/mol. The van der Waals surface area contributed by atoms with Crippen LogP contribution in [0.4, 0.5) is 15.0 Å². The molecule has 2 atom stereocenters. The molecule has 1 N–H and O–H groups in total. The van der Waals surface area contributed by atoms with Gasteiger partial charge >= 0.3 is 6.09 Å². The Labute approximate surface area is 235 Å². The van der Waals surface area contributed by atoms with Gasteiger partial charge in [0.15, 0.2) is 17.0 Å². The number of amides is 2. The molecule has 4 rings (SSSR count). The molecule has 2 aromatic heterocycles. The fraction of sp³-hybridized carbons (Fsp3) is 0.435. The number of likely N-dealkylation sites (N-methyl/N-ethyl adjacent to an activating group) is 1. The molecule has 0 bridgehead atoms. The van der Waals surface area contributed by atoms with Crippen LogP contribution in [0.15, 0.2) is 36.9 Å². The zero-order valence-electron chi connectivity index (χ0n) is 21.3. The molecule has 1 aliphatic rings. The molecule has 17 heteroatoms. The maximum atomic E-state index is 13.9. The van der Waals surface area contributed by atoms with Crippen molar-refractivity contribution in [1.29, 1.82) is 0 Å². The first-order valence-corrected chi connectivity index (χ1v) is 14.6. The van der Waals surface area contributed by atoms with E-state index in [1.165, 1.54) is 57.3 Å². The third-order valence-electron chi connectivity index (χ3n) is 5.73. The first kappa shape index (κ1) is 29.3. The number of nitrogens with one attached hydrogen (secondary N) is 1. The van der Waals surface area contributed by atoms with Crippen molar-refractivity contribution in [1.82, 2.24) is 24.8 Å². The number of carbonyl (C=O) groups is 2. The second-order valence-corrected chi connectivity index (χ2v) is 11.0. The molecule has 1 aromatic carbocycles. The van der Waals surface area contributed by atoms with Gasteiger partial charge in [-0.2, -0.15) is 0 Å². The van der Waals surface area contributed by atoms with Gasteiger partial charge in [-0.15, -0.1) is 10.1 Å². The van der Waals surface area contributed by atoms with Gasteiger partial charge in [0.05, 0.1) is 12.9 Å². The second-order valence-electron chi connectivity index (χ2n) is 8.32. The van der Waals surface area contributed by atoms with E-state index in [0.717, 1.165) is 0 Å². The predicted octanol–water partition coefficient (Wildman–Crippen LogP) is 3.12. The number of hydrogen-bond acceptors (Lipinski definition) is 12. The standard InChI is InChI=1S/C23H26FN7O7S2/c1-25-22(32)17-5-6-18(38-17)30-14-28-19-20(26-13-27-21(19)30)29(12-15-3-2-4-16(24)11-15)23(33)36-7-9-39-40-10-8-37-31(34)35/h2-4,11,13-14,17-18H,5-10,12H2,1H3,(H,25,32)/t17-,18+/m0/s1. The first-order chi connectivity index (χ1) is 19.4. The zero-order valence-corrected chi connectivity index (χ0v) is 22.9. The van der Waals surface area contributed by atoms with Crippen molar-refractivity contribution in [3.05, 3.63) is 58.4 Å². The van der Waals surface area contributed by atoms with Crippen LogP contribution in [0, 0.1) is 15.9 Å². The van der Waals surface area contributed by atoms with E-state index >= 15 is 0 Å². The van der Waals surface area contributed by atoms with Gasteiger partial charge in [-0.1, -0.05) is 33.7 Å². The molecule has 0 unspecified atom stereocenters. The molecule has 0 spiro atoms. The van der Waals surface area contributed by atoms with Crippen LogP contribution >= 0.6 is 21.6 Å². The topological polar surface area (TPSA) is 164 Å². The number of ether oxygens (including phenoxy) is 2. The van der Waals surface area contributed by atoms with Crippen LogP contribution in [-0.2, 0) is 25.7 Å². The van der Waals surface area contributed by atoms with Crippen LogP contribution in [0.2, 0.25) is 0 Å². The van der Waals surface area contributed by atoms with Crippen molar-refractivity contribution in [2.24, 2.45) is 0 Å². The van der Waals surface area contributed by atoms with E-state index in [1.54, 1.807) is 17.7 Å². The summed E-state index contributed by atoms with van der Waals surface area (Å²) in [4.78, 5) is 54.0. The molecule has 2 amide bonds. The summed E-state index contributed by atoms with van der Waals surface area (Å²) in [5.41, 5.74) is 1.21. The number of fused-ring (bicyclic) bond motifs is 1. The number of imidazole rings is 1. The van der Waals surface area contributed by atoms with Gasteiger partial charge in [0.1, 0.15) is 37.7 Å². The minimum absolute atomic E-state index is 0.0411. The van der Waals surface area contributed by atoms with Crippen molar-refractivity contribution in [2.45, 2.75) is 31.7 Å². The molecular formula is C23H26FN7O7S2. The summed E-state index contributed by atoms with van der Waals surface area (Å²) in [6, 6.07) is 5.82. The Balaban J connectivity index is 1.49. The summed E-state index contributed by atoms with van der Waals surface area (Å²) in [5.74, 6) is 0.302. The Hall–Kier alpha value is -3.70. The van der Waals surface area contributed by atoms with Crippen molar-refractivity contribution in [3.63, 3.8) is 0 Å². The molecule has 40 heavy (non-hydrogen) atoms. The van der Waals surface area contributed by atoms with Crippen LogP contribution in [0.5, 0.6) is 0 Å². The van der Waals surface area contributed by atoms with Crippen molar-refractivity contribution >= 4 is 50.6 Å². The maximum Gasteiger partial charge on any atom is 0.415 e. The summed E-state index contributed by atoms with van der Waals surface area (Å²) in [6.45, 7) is -0.0410. The first-order valence-electron chi connectivity index (χ1n) is 12.1. The van der Waals surface area contributed by atoms with E-state index in [0.29, 0.717) is 41.1 Å². The average Bonchev–Trinajstić information content (AvgIpc) is 3.60. The SMILES string of the molecule is CNC(=O)[C@@H]1CC[C@H](n2cnc3c(N(Cc4cccc(F)c4)C(=O)OCCSSCCO[N+](=O)[O-])ncnc32)O1. The van der Waals surface area contributed by atoms with Crippen molar-refractivity contribution in [3.8, 4) is 0 Å². The number of aromatic nitrogens is 4. The van der Waals surface area contributed by atoms with E-state index in [9.17, 15) is 24.1 Å². The Morgan fingerprint density at radius 1 is 1.25 bits per heavy atom. The summed E-state index contributed by atoms with van der Waals surface area (Å²) in [6.07, 6.45) is 2.09. The van der Waals surface area contributed by atoms with Crippen LogP contribution in [0.25, 0.3) is 11.2 Å². The summed E-state index contributed by atoms with van der Waals surface area (Å²) in [5, 5.41) is 11.9. The van der Waals surface area contributed by atoms with Gasteiger partial charge in [-0.3, -0.25) is 14.3 Å². The average molecular weight is 596 g/mol. The maximum absolute atomic E-state index is 13.9. The minimum Gasteiger partial charge on any atom is -0.448 e. The fourth-order valence-electron chi connectivity index (χ4n) is 3.97. The Morgan fingerprint density at radius 3 is 2.80 bits per heavy atom. The lowest BCUT2D eigenvalue weighted by atomic mass is 10.2. The number of anilines is 1. The highest BCUT2D eigenvalue weighted by atomic mass is 33.1. The van der Waals surface area contributed by atoms with Crippen molar-refractivity contribution < 1.29 is 33.4 Å². The number of halogens is 1. The molecule has 0 saturated carbocycles. The lowest BCUT2D eigenvalue weighted by molar-refractivity contribution is -0.756. The third kappa shape index (κ3) is 7.48. The predicted molar refractivity (Wildman–Crippen MR) is 144 cm³/mol. The largest absolute Gasteiger partial charge is 0.448 e. The van der Waals surface area contributed by atoms with Crippen LogP contribution in [0.1, 0.15) is 24.6 Å². The molecule has 14 nitrogen and oxygen atoms in total. The van der Waals surface area contributed by atoms with Gasteiger partial charge in [0.25, 0.3) is 5.09 Å². The lowest BCUT2D eigenvalue weighted by Crippen LogP contribution is -2.32. The minimum atomic E-state index is -0.851. The number of benzene rings is 1. The quantitative estimate of drug-likeness (QED) is 0.133. The van der Waals surface area contributed by atoms with Gasteiger partial charge in [-0.25, -0.2) is 24.1 Å². The van der Waals surface area contributed by atoms with Crippen LogP contribution in [0.3, 0.4) is 0 Å². The highest BCUT2D eigenvalue weighted by molar-refractivity contribution is 8.76. The van der Waals surface area contributed by atoms with E-state index in [2.05, 4.69) is 25.1 Å². The van der Waals surface area contributed by atoms with Gasteiger partial charge in [-0.05, 0) is 30.5 Å². The van der Waals surface area contributed by atoms with Gasteiger partial charge < -0.3 is 19.6 Å². The smallest absolute Gasteiger partial charge is 0.415 e. The van der Waals surface area contributed by atoms with E-state index in [4.69, 9.17) is 9.47 Å². The molecule has 0 aliphatic carbocycles. The number of carbonyl (C=O) groups excluding carboxylic acids is 2. The molecule has 1 saturated heterocycles. The highest BCUT2D eigenvalue weighted by Crippen LogP contribution is 2.32. The summed E-state index contributed by atoms with van der Waals surface area (Å²) >= 11 is 0. The summed E-state index contributed by atoms with van der Waals surface area (Å²) < 4.78 is 27.0. The fourth-order valence-corrected chi connectivity index (χ4v) is 5.62. The Morgan fingerprint density at radius 2 is 2.05 bits per heavy atom. The molecule has 1 fully saturated rings.